The Bertz CT molecular complexity index is 515. The van der Waals surface area contributed by atoms with Gasteiger partial charge in [0.15, 0.2) is 0 Å². The molecule has 1 aliphatic carbocycles. The molecule has 1 heteroatoms. The second-order valence-electron chi connectivity index (χ2n) is 4.73. The zero-order valence-corrected chi connectivity index (χ0v) is 10.9. The van der Waals surface area contributed by atoms with Gasteiger partial charge in [-0.15, -0.1) is 0 Å². The normalized spacial score (nSPS) is 17.5. The topological polar surface area (TPSA) is 0 Å². The van der Waals surface area contributed by atoms with Gasteiger partial charge in [-0.1, -0.05) is 78.3 Å². The minimum absolute atomic E-state index is 0.135. The molecule has 0 N–H and O–H groups in total. The monoisotopic (exact) mass is 254 g/mol. The molecule has 2 aromatic rings. The summed E-state index contributed by atoms with van der Waals surface area (Å²) in [5.74, 6) is 0. The molecule has 0 bridgehead atoms. The SMILES string of the molecule is ClC1=CCCC1(c1ccccc1)c1ccccc1. The van der Waals surface area contributed by atoms with Crippen molar-refractivity contribution in [2.75, 3.05) is 0 Å². The van der Waals surface area contributed by atoms with Crippen LogP contribution in [-0.4, -0.2) is 0 Å². The fourth-order valence-electron chi connectivity index (χ4n) is 2.89. The maximum absolute atomic E-state index is 6.57. The van der Waals surface area contributed by atoms with Gasteiger partial charge < -0.3 is 0 Å². The lowest BCUT2D eigenvalue weighted by molar-refractivity contribution is 0.614. The zero-order chi connectivity index (χ0) is 12.4. The first-order chi connectivity index (χ1) is 8.84. The van der Waals surface area contributed by atoms with Crippen LogP contribution in [0.5, 0.6) is 0 Å². The fraction of sp³-hybridized carbons (Fsp3) is 0.176. The van der Waals surface area contributed by atoms with Gasteiger partial charge in [-0.25, -0.2) is 0 Å². The molecule has 0 amide bonds. The summed E-state index contributed by atoms with van der Waals surface area (Å²) in [6.07, 6.45) is 4.25. The van der Waals surface area contributed by atoms with Gasteiger partial charge in [-0.05, 0) is 24.0 Å². The summed E-state index contributed by atoms with van der Waals surface area (Å²) in [6.45, 7) is 0. The number of rotatable bonds is 2. The van der Waals surface area contributed by atoms with E-state index in [-0.39, 0.29) is 5.41 Å². The zero-order valence-electron chi connectivity index (χ0n) is 10.1. The predicted octanol–water partition coefficient (Wildman–Crippen LogP) is 4.89. The van der Waals surface area contributed by atoms with Gasteiger partial charge in [0.1, 0.15) is 0 Å². The van der Waals surface area contributed by atoms with Crippen LogP contribution >= 0.6 is 11.6 Å². The molecule has 0 saturated heterocycles. The molecule has 0 fully saturated rings. The van der Waals surface area contributed by atoms with Gasteiger partial charge in [0.05, 0.1) is 5.41 Å². The van der Waals surface area contributed by atoms with Crippen LogP contribution in [0.4, 0.5) is 0 Å². The quantitative estimate of drug-likeness (QED) is 0.716. The fourth-order valence-corrected chi connectivity index (χ4v) is 3.31. The molecule has 0 aliphatic heterocycles. The molecule has 3 rings (SSSR count). The number of allylic oxidation sites excluding steroid dienone is 2. The highest BCUT2D eigenvalue weighted by Crippen LogP contribution is 2.48. The number of hydrogen-bond acceptors (Lipinski definition) is 0. The Morgan fingerprint density at radius 2 is 1.28 bits per heavy atom. The van der Waals surface area contributed by atoms with Crippen molar-refractivity contribution in [1.29, 1.82) is 0 Å². The number of benzene rings is 2. The van der Waals surface area contributed by atoms with E-state index in [0.717, 1.165) is 17.9 Å². The van der Waals surface area contributed by atoms with Crippen molar-refractivity contribution in [2.45, 2.75) is 18.3 Å². The van der Waals surface area contributed by atoms with Gasteiger partial charge in [0.2, 0.25) is 0 Å². The first kappa shape index (κ1) is 11.6. The third kappa shape index (κ3) is 1.69. The van der Waals surface area contributed by atoms with Gasteiger partial charge in [-0.3, -0.25) is 0 Å². The Hall–Kier alpha value is -1.53. The molecule has 0 nitrogen and oxygen atoms in total. The highest BCUT2D eigenvalue weighted by molar-refractivity contribution is 6.31. The summed E-state index contributed by atoms with van der Waals surface area (Å²) in [7, 11) is 0. The number of halogens is 1. The second kappa shape index (κ2) is 4.62. The molecule has 0 heterocycles. The summed E-state index contributed by atoms with van der Waals surface area (Å²) >= 11 is 6.57. The highest BCUT2D eigenvalue weighted by Gasteiger charge is 2.39. The van der Waals surface area contributed by atoms with Crippen LogP contribution in [-0.2, 0) is 5.41 Å². The third-order valence-corrected chi connectivity index (χ3v) is 4.26. The van der Waals surface area contributed by atoms with Crippen LogP contribution in [0.1, 0.15) is 24.0 Å². The molecule has 1 aliphatic rings. The van der Waals surface area contributed by atoms with E-state index in [2.05, 4.69) is 66.7 Å². The molecule has 0 spiro atoms. The molecule has 2 aromatic carbocycles. The molecule has 0 radical (unpaired) electrons. The van der Waals surface area contributed by atoms with Crippen LogP contribution < -0.4 is 0 Å². The maximum atomic E-state index is 6.57. The lowest BCUT2D eigenvalue weighted by Crippen LogP contribution is -2.25. The van der Waals surface area contributed by atoms with E-state index in [1.165, 1.54) is 11.1 Å². The summed E-state index contributed by atoms with van der Waals surface area (Å²) in [4.78, 5) is 0. The Balaban J connectivity index is 2.21. The summed E-state index contributed by atoms with van der Waals surface area (Å²) in [5.41, 5.74) is 2.44. The van der Waals surface area contributed by atoms with E-state index >= 15 is 0 Å². The summed E-state index contributed by atoms with van der Waals surface area (Å²) < 4.78 is 0. The van der Waals surface area contributed by atoms with E-state index < -0.39 is 0 Å². The largest absolute Gasteiger partial charge is 0.0881 e. The van der Waals surface area contributed by atoms with E-state index in [9.17, 15) is 0 Å². The molecule has 0 atom stereocenters. The van der Waals surface area contributed by atoms with Crippen LogP contribution in [0, 0.1) is 0 Å². The van der Waals surface area contributed by atoms with Gasteiger partial charge in [0.25, 0.3) is 0 Å². The molecule has 0 saturated carbocycles. The maximum Gasteiger partial charge on any atom is 0.0558 e. The van der Waals surface area contributed by atoms with Crippen molar-refractivity contribution in [3.05, 3.63) is 82.9 Å². The van der Waals surface area contributed by atoms with Crippen LogP contribution in [0.3, 0.4) is 0 Å². The van der Waals surface area contributed by atoms with E-state index in [1.54, 1.807) is 0 Å². The van der Waals surface area contributed by atoms with Gasteiger partial charge >= 0.3 is 0 Å². The summed E-state index contributed by atoms with van der Waals surface area (Å²) in [6, 6.07) is 21.1. The Morgan fingerprint density at radius 3 is 1.67 bits per heavy atom. The lowest BCUT2D eigenvalue weighted by Gasteiger charge is -2.31. The van der Waals surface area contributed by atoms with Crippen molar-refractivity contribution in [1.82, 2.24) is 0 Å². The van der Waals surface area contributed by atoms with Crippen molar-refractivity contribution in [2.24, 2.45) is 0 Å². The van der Waals surface area contributed by atoms with Crippen LogP contribution in [0.25, 0.3) is 0 Å². The summed E-state index contributed by atoms with van der Waals surface area (Å²) in [5, 5.41) is 0.958. The first-order valence-corrected chi connectivity index (χ1v) is 6.69. The lowest BCUT2D eigenvalue weighted by atomic mass is 9.74. The van der Waals surface area contributed by atoms with Crippen LogP contribution in [0.2, 0.25) is 0 Å². The molecule has 90 valence electrons. The minimum atomic E-state index is -0.135. The van der Waals surface area contributed by atoms with E-state index in [1.807, 2.05) is 0 Å². The third-order valence-electron chi connectivity index (χ3n) is 3.78. The van der Waals surface area contributed by atoms with Crippen molar-refractivity contribution in [3.63, 3.8) is 0 Å². The van der Waals surface area contributed by atoms with Crippen molar-refractivity contribution in [3.8, 4) is 0 Å². The van der Waals surface area contributed by atoms with Crippen molar-refractivity contribution >= 4 is 11.6 Å². The smallest absolute Gasteiger partial charge is 0.0558 e. The van der Waals surface area contributed by atoms with Gasteiger partial charge in [-0.2, -0.15) is 0 Å². The molecular weight excluding hydrogens is 240 g/mol. The molecular formula is C17H15Cl. The average Bonchev–Trinajstić information content (AvgIpc) is 2.84. The Morgan fingerprint density at radius 1 is 0.778 bits per heavy atom. The molecule has 0 unspecified atom stereocenters. The molecule has 18 heavy (non-hydrogen) atoms. The van der Waals surface area contributed by atoms with Crippen molar-refractivity contribution < 1.29 is 0 Å². The average molecular weight is 255 g/mol. The predicted molar refractivity (Wildman–Crippen MR) is 76.8 cm³/mol. The second-order valence-corrected chi connectivity index (χ2v) is 5.14. The number of hydrogen-bond donors (Lipinski definition) is 0. The van der Waals surface area contributed by atoms with E-state index in [0.29, 0.717) is 0 Å². The standard InChI is InChI=1S/C17H15Cl/c18-16-12-7-13-17(16,14-8-3-1-4-9-14)15-10-5-2-6-11-15/h1-6,8-12H,7,13H2. The Kier molecular flexibility index (Phi) is 2.97. The highest BCUT2D eigenvalue weighted by atomic mass is 35.5. The minimum Gasteiger partial charge on any atom is -0.0881 e. The van der Waals surface area contributed by atoms with Gasteiger partial charge in [0, 0.05) is 5.03 Å². The van der Waals surface area contributed by atoms with E-state index in [4.69, 9.17) is 11.6 Å². The molecule has 0 aromatic heterocycles. The van der Waals surface area contributed by atoms with Crippen LogP contribution in [0.15, 0.2) is 71.8 Å². The Labute approximate surface area is 113 Å². The first-order valence-electron chi connectivity index (χ1n) is 6.31.